The van der Waals surface area contributed by atoms with E-state index < -0.39 is 0 Å². The number of piperidine rings is 1. The summed E-state index contributed by atoms with van der Waals surface area (Å²) < 4.78 is 0. The second-order valence-corrected chi connectivity index (χ2v) is 11.8. The molecule has 1 aliphatic heterocycles. The van der Waals surface area contributed by atoms with Crippen molar-refractivity contribution >= 4 is 28.8 Å². The van der Waals surface area contributed by atoms with E-state index in [-0.39, 0.29) is 6.03 Å². The normalized spacial score (nSPS) is 13.4. The molecule has 9 heteroatoms. The van der Waals surface area contributed by atoms with Gasteiger partial charge in [-0.05, 0) is 71.7 Å². The van der Waals surface area contributed by atoms with Gasteiger partial charge in [-0.25, -0.2) is 4.79 Å². The average molecular weight is 567 g/mol. The lowest BCUT2D eigenvalue weighted by atomic mass is 9.97. The van der Waals surface area contributed by atoms with Gasteiger partial charge in [0, 0.05) is 31.7 Å². The first-order valence-corrected chi connectivity index (χ1v) is 15.0. The molecule has 4 aromatic rings. The molecule has 0 atom stereocenters. The van der Waals surface area contributed by atoms with Gasteiger partial charge >= 0.3 is 6.03 Å². The number of urea groups is 1. The fourth-order valence-electron chi connectivity index (χ4n) is 5.70. The van der Waals surface area contributed by atoms with Crippen LogP contribution in [0.1, 0.15) is 47.0 Å². The molecule has 0 saturated carbocycles. The van der Waals surface area contributed by atoms with Crippen LogP contribution in [-0.2, 0) is 0 Å². The predicted molar refractivity (Wildman–Crippen MR) is 172 cm³/mol. The molecule has 5 rings (SSSR count). The highest BCUT2D eigenvalue weighted by atomic mass is 16.2. The molecule has 2 amide bonds. The number of carbonyl (C=O) groups is 1. The number of hydrogen-bond acceptors (Lipinski definition) is 6. The van der Waals surface area contributed by atoms with Crippen LogP contribution in [0.3, 0.4) is 0 Å². The molecule has 42 heavy (non-hydrogen) atoms. The number of benzene rings is 3. The van der Waals surface area contributed by atoms with E-state index in [4.69, 9.17) is 0 Å². The number of para-hydroxylation sites is 2. The van der Waals surface area contributed by atoms with E-state index in [0.717, 1.165) is 65.6 Å². The summed E-state index contributed by atoms with van der Waals surface area (Å²) in [7, 11) is 0. The van der Waals surface area contributed by atoms with Crippen LogP contribution in [0.25, 0.3) is 22.5 Å². The van der Waals surface area contributed by atoms with Gasteiger partial charge < -0.3 is 20.4 Å². The quantitative estimate of drug-likeness (QED) is 0.186. The molecule has 1 saturated heterocycles. The van der Waals surface area contributed by atoms with Crippen LogP contribution in [0.15, 0.2) is 66.7 Å². The van der Waals surface area contributed by atoms with Gasteiger partial charge in [0.1, 0.15) is 0 Å². The summed E-state index contributed by atoms with van der Waals surface area (Å²) in [5, 5.41) is 21.1. The number of amides is 2. The van der Waals surface area contributed by atoms with Crippen molar-refractivity contribution in [1.29, 1.82) is 0 Å². The Morgan fingerprint density at radius 3 is 2.21 bits per heavy atom. The number of H-pyrrole nitrogens is 1. The van der Waals surface area contributed by atoms with Crippen molar-refractivity contribution in [2.75, 3.05) is 46.6 Å². The molecule has 1 aliphatic rings. The Bertz CT molecular complexity index is 1450. The number of carbonyl (C=O) groups excluding carboxylic acids is 1. The maximum absolute atomic E-state index is 13.6. The summed E-state index contributed by atoms with van der Waals surface area (Å²) in [5.41, 5.74) is 6.42. The molecule has 0 spiro atoms. The molecule has 220 valence electrons. The van der Waals surface area contributed by atoms with Gasteiger partial charge in [0.2, 0.25) is 5.82 Å². The number of aromatic nitrogens is 4. The number of rotatable bonds is 10. The maximum atomic E-state index is 13.6. The molecule has 3 N–H and O–H groups in total. The second kappa shape index (κ2) is 13.5. The van der Waals surface area contributed by atoms with Crippen LogP contribution in [0, 0.1) is 11.8 Å². The molecule has 0 aliphatic carbocycles. The number of nitrogens with one attached hydrogen (secondary N) is 3. The number of nitrogens with zero attached hydrogens (tertiary/aromatic N) is 5. The summed E-state index contributed by atoms with van der Waals surface area (Å²) in [6, 6.07) is 22.1. The van der Waals surface area contributed by atoms with Crippen LogP contribution in [-0.4, -0.2) is 52.8 Å². The first kappa shape index (κ1) is 29.1. The molecule has 2 heterocycles. The number of anilines is 4. The maximum Gasteiger partial charge on any atom is 0.323 e. The topological polar surface area (TPSA) is 102 Å². The molecule has 0 unspecified atom stereocenters. The van der Waals surface area contributed by atoms with E-state index in [2.05, 4.69) is 93.0 Å². The van der Waals surface area contributed by atoms with Gasteiger partial charge in [-0.15, -0.1) is 10.2 Å². The van der Waals surface area contributed by atoms with Gasteiger partial charge in [-0.3, -0.25) is 0 Å². The summed E-state index contributed by atoms with van der Waals surface area (Å²) >= 11 is 0. The van der Waals surface area contributed by atoms with E-state index >= 15 is 0 Å². The Kier molecular flexibility index (Phi) is 9.36. The largest absolute Gasteiger partial charge is 0.370 e. The van der Waals surface area contributed by atoms with E-state index in [1.165, 1.54) is 19.3 Å². The fourth-order valence-corrected chi connectivity index (χ4v) is 5.70. The van der Waals surface area contributed by atoms with Crippen LogP contribution >= 0.6 is 0 Å². The third-order valence-corrected chi connectivity index (χ3v) is 7.43. The molecule has 1 fully saturated rings. The summed E-state index contributed by atoms with van der Waals surface area (Å²) in [6.07, 6.45) is 3.60. The Morgan fingerprint density at radius 1 is 0.857 bits per heavy atom. The van der Waals surface area contributed by atoms with Gasteiger partial charge in [-0.2, -0.15) is 5.21 Å². The fraction of sp³-hybridized carbons (Fsp3) is 0.394. The number of aromatic amines is 1. The van der Waals surface area contributed by atoms with Crippen molar-refractivity contribution in [3.05, 3.63) is 66.7 Å². The summed E-state index contributed by atoms with van der Waals surface area (Å²) in [6.45, 7) is 12.7. The minimum atomic E-state index is -0.265. The van der Waals surface area contributed by atoms with Crippen molar-refractivity contribution in [3.63, 3.8) is 0 Å². The third kappa shape index (κ3) is 7.08. The Balaban J connectivity index is 1.50. The lowest BCUT2D eigenvalue weighted by molar-refractivity contribution is 0.262. The standard InChI is InChI=1S/C33H42N8O/c1-23(2)21-41(22-24(3)4)31-17-16-25(26-12-6-7-13-27(26)32-36-38-39-37-32)20-29(31)35-33(42)34-28-14-8-9-15-30(28)40-18-10-5-11-19-40/h6-9,12-17,20,23-24H,5,10-11,18-19,21-22H2,1-4H3,(H2,34,35,42)(H,36,37,38,39). The minimum Gasteiger partial charge on any atom is -0.370 e. The van der Waals surface area contributed by atoms with Crippen molar-refractivity contribution < 1.29 is 4.79 Å². The van der Waals surface area contributed by atoms with Crippen LogP contribution < -0.4 is 20.4 Å². The molecule has 1 aromatic heterocycles. The zero-order valence-corrected chi connectivity index (χ0v) is 25.1. The van der Waals surface area contributed by atoms with Gasteiger partial charge in [0.05, 0.1) is 22.7 Å². The number of hydrogen-bond donors (Lipinski definition) is 3. The van der Waals surface area contributed by atoms with Crippen LogP contribution in [0.2, 0.25) is 0 Å². The zero-order valence-electron chi connectivity index (χ0n) is 25.1. The minimum absolute atomic E-state index is 0.265. The first-order valence-electron chi connectivity index (χ1n) is 15.0. The lowest BCUT2D eigenvalue weighted by Gasteiger charge is -2.31. The van der Waals surface area contributed by atoms with Gasteiger partial charge in [-0.1, -0.05) is 70.2 Å². The molecule has 3 aromatic carbocycles. The smallest absolute Gasteiger partial charge is 0.323 e. The average Bonchev–Trinajstić information content (AvgIpc) is 3.52. The van der Waals surface area contributed by atoms with E-state index in [9.17, 15) is 4.79 Å². The highest BCUT2D eigenvalue weighted by Gasteiger charge is 2.20. The molecular weight excluding hydrogens is 524 g/mol. The highest BCUT2D eigenvalue weighted by molar-refractivity contribution is 6.04. The summed E-state index contributed by atoms with van der Waals surface area (Å²) in [5.74, 6) is 1.44. The van der Waals surface area contributed by atoms with Crippen molar-refractivity contribution in [2.24, 2.45) is 11.8 Å². The van der Waals surface area contributed by atoms with Crippen molar-refractivity contribution in [1.82, 2.24) is 20.6 Å². The molecular formula is C33H42N8O. The third-order valence-electron chi connectivity index (χ3n) is 7.43. The molecule has 0 radical (unpaired) electrons. The lowest BCUT2D eigenvalue weighted by Crippen LogP contribution is -2.33. The monoisotopic (exact) mass is 566 g/mol. The SMILES string of the molecule is CC(C)CN(CC(C)C)c1ccc(-c2ccccc2-c2nn[nH]n2)cc1NC(=O)Nc1ccccc1N1CCCCC1. The Labute approximate surface area is 248 Å². The first-order chi connectivity index (χ1) is 20.4. The second-order valence-electron chi connectivity index (χ2n) is 11.8. The van der Waals surface area contributed by atoms with E-state index in [1.54, 1.807) is 0 Å². The van der Waals surface area contributed by atoms with Gasteiger partial charge in [0.15, 0.2) is 0 Å². The highest BCUT2D eigenvalue weighted by Crippen LogP contribution is 2.36. The Hall–Kier alpha value is -4.40. The van der Waals surface area contributed by atoms with Crippen molar-refractivity contribution in [2.45, 2.75) is 47.0 Å². The van der Waals surface area contributed by atoms with E-state index in [0.29, 0.717) is 17.7 Å². The summed E-state index contributed by atoms with van der Waals surface area (Å²) in [4.78, 5) is 18.4. The van der Waals surface area contributed by atoms with E-state index in [1.807, 2.05) is 42.5 Å². The predicted octanol–water partition coefficient (Wildman–Crippen LogP) is 7.29. The van der Waals surface area contributed by atoms with Gasteiger partial charge in [0.25, 0.3) is 0 Å². The molecule has 9 nitrogen and oxygen atoms in total. The number of tetrazole rings is 1. The molecule has 0 bridgehead atoms. The zero-order chi connectivity index (χ0) is 29.5. The van der Waals surface area contributed by atoms with Crippen molar-refractivity contribution in [3.8, 4) is 22.5 Å². The Morgan fingerprint density at radius 2 is 1.52 bits per heavy atom. The van der Waals surface area contributed by atoms with Crippen LogP contribution in [0.5, 0.6) is 0 Å². The van der Waals surface area contributed by atoms with Crippen LogP contribution in [0.4, 0.5) is 27.5 Å².